The van der Waals surface area contributed by atoms with E-state index in [4.69, 9.17) is 4.74 Å². The van der Waals surface area contributed by atoms with Crippen molar-refractivity contribution in [2.45, 2.75) is 19.4 Å². The fraction of sp³-hybridized carbons (Fsp3) is 0.455. The Morgan fingerprint density at radius 2 is 2.33 bits per heavy atom. The molecule has 0 saturated carbocycles. The van der Waals surface area contributed by atoms with Gasteiger partial charge in [0.1, 0.15) is 0 Å². The zero-order chi connectivity index (χ0) is 11.1. The van der Waals surface area contributed by atoms with Crippen molar-refractivity contribution in [3.8, 4) is 0 Å². The highest BCUT2D eigenvalue weighted by atomic mass is 16.6. The molecule has 0 aliphatic heterocycles. The molecule has 1 atom stereocenters. The smallest absolute Gasteiger partial charge is 0.334 e. The van der Waals surface area contributed by atoms with Crippen molar-refractivity contribution < 1.29 is 14.3 Å². The Kier molecular flexibility index (Phi) is 4.77. The molecule has 0 aliphatic carbocycles. The first-order chi connectivity index (χ1) is 7.24. The topological polar surface area (TPSA) is 48.4 Å². The second kappa shape index (κ2) is 6.14. The standard InChI is InChI=1S/C11H15NO3/c1-9(11(13)14-2)15-8-6-10-5-3-4-7-12-10/h3-5,7,9H,6,8H2,1-2H3. The summed E-state index contributed by atoms with van der Waals surface area (Å²) in [5.74, 6) is -0.351. The molecule has 82 valence electrons. The highest BCUT2D eigenvalue weighted by Crippen LogP contribution is 1.98. The lowest BCUT2D eigenvalue weighted by Crippen LogP contribution is -2.23. The minimum Gasteiger partial charge on any atom is -0.467 e. The summed E-state index contributed by atoms with van der Waals surface area (Å²) < 4.78 is 9.82. The van der Waals surface area contributed by atoms with Crippen LogP contribution in [0.4, 0.5) is 0 Å². The van der Waals surface area contributed by atoms with Gasteiger partial charge in [0.25, 0.3) is 0 Å². The summed E-state index contributed by atoms with van der Waals surface area (Å²) in [4.78, 5) is 15.1. The third-order valence-corrected chi connectivity index (χ3v) is 1.99. The molecule has 1 unspecified atom stereocenters. The van der Waals surface area contributed by atoms with Gasteiger partial charge < -0.3 is 9.47 Å². The van der Waals surface area contributed by atoms with E-state index in [0.29, 0.717) is 13.0 Å². The van der Waals surface area contributed by atoms with E-state index in [2.05, 4.69) is 9.72 Å². The molecule has 4 nitrogen and oxygen atoms in total. The average molecular weight is 209 g/mol. The molecule has 0 saturated heterocycles. The van der Waals surface area contributed by atoms with Gasteiger partial charge in [0, 0.05) is 18.3 Å². The van der Waals surface area contributed by atoms with Crippen molar-refractivity contribution >= 4 is 5.97 Å². The number of carbonyl (C=O) groups is 1. The van der Waals surface area contributed by atoms with Gasteiger partial charge in [-0.25, -0.2) is 4.79 Å². The summed E-state index contributed by atoms with van der Waals surface area (Å²) in [5.41, 5.74) is 0.953. The van der Waals surface area contributed by atoms with Gasteiger partial charge in [-0.15, -0.1) is 0 Å². The maximum absolute atomic E-state index is 11.0. The van der Waals surface area contributed by atoms with Gasteiger partial charge in [0.15, 0.2) is 6.10 Å². The van der Waals surface area contributed by atoms with E-state index in [1.807, 2.05) is 18.2 Å². The third kappa shape index (κ3) is 4.08. The van der Waals surface area contributed by atoms with Crippen LogP contribution in [0.3, 0.4) is 0 Å². The number of esters is 1. The molecule has 0 bridgehead atoms. The number of carbonyl (C=O) groups excluding carboxylic acids is 1. The first-order valence-electron chi connectivity index (χ1n) is 4.83. The third-order valence-electron chi connectivity index (χ3n) is 1.99. The summed E-state index contributed by atoms with van der Waals surface area (Å²) in [5, 5.41) is 0. The molecule has 0 aliphatic rings. The minimum absolute atomic E-state index is 0.351. The Morgan fingerprint density at radius 3 is 2.93 bits per heavy atom. The first kappa shape index (κ1) is 11.7. The lowest BCUT2D eigenvalue weighted by atomic mass is 10.3. The van der Waals surface area contributed by atoms with Gasteiger partial charge in [-0.1, -0.05) is 6.07 Å². The molecular formula is C11H15NO3. The van der Waals surface area contributed by atoms with Gasteiger partial charge in [-0.05, 0) is 19.1 Å². The molecule has 0 fully saturated rings. The molecule has 0 radical (unpaired) electrons. The fourth-order valence-electron chi connectivity index (χ4n) is 1.12. The number of nitrogens with zero attached hydrogens (tertiary/aromatic N) is 1. The number of aromatic nitrogens is 1. The number of ether oxygens (including phenoxy) is 2. The molecule has 15 heavy (non-hydrogen) atoms. The van der Waals surface area contributed by atoms with Crippen LogP contribution in [0.25, 0.3) is 0 Å². The second-order valence-electron chi connectivity index (χ2n) is 3.11. The Labute approximate surface area is 89.2 Å². The van der Waals surface area contributed by atoms with Crippen LogP contribution in [-0.4, -0.2) is 30.8 Å². The van der Waals surface area contributed by atoms with Crippen LogP contribution in [0, 0.1) is 0 Å². The van der Waals surface area contributed by atoms with Gasteiger partial charge in [-0.2, -0.15) is 0 Å². The Bertz CT molecular complexity index is 300. The van der Waals surface area contributed by atoms with Gasteiger partial charge >= 0.3 is 5.97 Å². The number of hydrogen-bond donors (Lipinski definition) is 0. The summed E-state index contributed by atoms with van der Waals surface area (Å²) in [6, 6.07) is 5.71. The first-order valence-corrected chi connectivity index (χ1v) is 4.83. The van der Waals surface area contributed by atoms with Gasteiger partial charge in [0.05, 0.1) is 13.7 Å². The van der Waals surface area contributed by atoms with Gasteiger partial charge in [0.2, 0.25) is 0 Å². The zero-order valence-corrected chi connectivity index (χ0v) is 8.97. The van der Waals surface area contributed by atoms with E-state index in [0.717, 1.165) is 5.69 Å². The predicted molar refractivity (Wildman–Crippen MR) is 55.4 cm³/mol. The van der Waals surface area contributed by atoms with Crippen molar-refractivity contribution in [3.05, 3.63) is 30.1 Å². The zero-order valence-electron chi connectivity index (χ0n) is 8.97. The second-order valence-corrected chi connectivity index (χ2v) is 3.11. The Balaban J connectivity index is 2.25. The van der Waals surface area contributed by atoms with Crippen LogP contribution in [-0.2, 0) is 20.7 Å². The van der Waals surface area contributed by atoms with Crippen molar-refractivity contribution in [2.24, 2.45) is 0 Å². The lowest BCUT2D eigenvalue weighted by molar-refractivity contribution is -0.152. The van der Waals surface area contributed by atoms with Crippen LogP contribution < -0.4 is 0 Å². The monoisotopic (exact) mass is 209 g/mol. The molecule has 1 aromatic rings. The fourth-order valence-corrected chi connectivity index (χ4v) is 1.12. The van der Waals surface area contributed by atoms with Crippen molar-refractivity contribution in [1.82, 2.24) is 4.98 Å². The molecule has 1 rings (SSSR count). The highest BCUT2D eigenvalue weighted by molar-refractivity contribution is 5.73. The predicted octanol–water partition coefficient (Wildman–Crippen LogP) is 1.20. The van der Waals surface area contributed by atoms with E-state index < -0.39 is 6.10 Å². The van der Waals surface area contributed by atoms with E-state index in [-0.39, 0.29) is 5.97 Å². The Hall–Kier alpha value is -1.42. The highest BCUT2D eigenvalue weighted by Gasteiger charge is 2.12. The average Bonchev–Trinajstić information content (AvgIpc) is 2.29. The summed E-state index contributed by atoms with van der Waals surface area (Å²) in [6.07, 6.45) is 1.92. The number of hydrogen-bond acceptors (Lipinski definition) is 4. The summed E-state index contributed by atoms with van der Waals surface area (Å²) >= 11 is 0. The normalized spacial score (nSPS) is 12.1. The van der Waals surface area contributed by atoms with Crippen molar-refractivity contribution in [1.29, 1.82) is 0 Å². The number of pyridine rings is 1. The number of rotatable bonds is 5. The minimum atomic E-state index is -0.515. The summed E-state index contributed by atoms with van der Waals surface area (Å²) in [6.45, 7) is 2.14. The van der Waals surface area contributed by atoms with Crippen LogP contribution in [0.15, 0.2) is 24.4 Å². The molecule has 1 heterocycles. The SMILES string of the molecule is COC(=O)C(C)OCCc1ccccn1. The van der Waals surface area contributed by atoms with Crippen LogP contribution in [0.2, 0.25) is 0 Å². The maximum Gasteiger partial charge on any atom is 0.334 e. The van der Waals surface area contributed by atoms with E-state index in [1.54, 1.807) is 13.1 Å². The van der Waals surface area contributed by atoms with E-state index in [1.165, 1.54) is 7.11 Å². The lowest BCUT2D eigenvalue weighted by Gasteiger charge is -2.09. The van der Waals surface area contributed by atoms with Crippen molar-refractivity contribution in [3.63, 3.8) is 0 Å². The van der Waals surface area contributed by atoms with E-state index in [9.17, 15) is 4.79 Å². The Morgan fingerprint density at radius 1 is 1.53 bits per heavy atom. The van der Waals surface area contributed by atoms with Crippen LogP contribution in [0.1, 0.15) is 12.6 Å². The van der Waals surface area contributed by atoms with Gasteiger partial charge in [-0.3, -0.25) is 4.98 Å². The number of methoxy groups -OCH3 is 1. The molecule has 0 aromatic carbocycles. The van der Waals surface area contributed by atoms with Crippen molar-refractivity contribution in [2.75, 3.05) is 13.7 Å². The molecule has 1 aromatic heterocycles. The van der Waals surface area contributed by atoms with Crippen LogP contribution in [0.5, 0.6) is 0 Å². The maximum atomic E-state index is 11.0. The molecule has 0 spiro atoms. The molecule has 0 N–H and O–H groups in total. The molecular weight excluding hydrogens is 194 g/mol. The summed E-state index contributed by atoms with van der Waals surface area (Å²) in [7, 11) is 1.35. The van der Waals surface area contributed by atoms with E-state index >= 15 is 0 Å². The quantitative estimate of drug-likeness (QED) is 0.684. The molecule has 4 heteroatoms. The molecule has 0 amide bonds. The largest absolute Gasteiger partial charge is 0.467 e. The van der Waals surface area contributed by atoms with Crippen LogP contribution >= 0.6 is 0 Å².